The molecule has 2 N–H and O–H groups in total. The number of guanidine groups is 1. The summed E-state index contributed by atoms with van der Waals surface area (Å²) in [6, 6.07) is 7.10. The molecule has 0 atom stereocenters. The van der Waals surface area contributed by atoms with Crippen molar-refractivity contribution in [1.82, 2.24) is 10.6 Å². The van der Waals surface area contributed by atoms with Gasteiger partial charge in [0.1, 0.15) is 5.82 Å². The van der Waals surface area contributed by atoms with Gasteiger partial charge in [-0.3, -0.25) is 4.99 Å². The van der Waals surface area contributed by atoms with Gasteiger partial charge in [0.05, 0.1) is 6.54 Å². The summed E-state index contributed by atoms with van der Waals surface area (Å²) in [5.74, 6) is 1.52. The van der Waals surface area contributed by atoms with Gasteiger partial charge in [0.2, 0.25) is 0 Å². The second kappa shape index (κ2) is 10.4. The minimum absolute atomic E-state index is 0. The van der Waals surface area contributed by atoms with Crippen molar-refractivity contribution in [1.29, 1.82) is 0 Å². The molecule has 2 aliphatic carbocycles. The average Bonchev–Trinajstić information content (AvgIpc) is 3.52. The normalized spacial score (nSPS) is 18.2. The number of nitrogens with zero attached hydrogens (tertiary/aromatic N) is 1. The van der Waals surface area contributed by atoms with Gasteiger partial charge in [0.25, 0.3) is 0 Å². The Morgan fingerprint density at radius 1 is 1.27 bits per heavy atom. The highest BCUT2D eigenvalue weighted by Crippen LogP contribution is 2.49. The monoisotopic (exact) mass is 475 g/mol. The van der Waals surface area contributed by atoms with Crippen LogP contribution in [0.3, 0.4) is 0 Å². The molecule has 1 aromatic rings. The first-order valence-corrected chi connectivity index (χ1v) is 9.58. The predicted molar refractivity (Wildman–Crippen MR) is 115 cm³/mol. The largest absolute Gasteiger partial charge is 0.381 e. The molecule has 26 heavy (non-hydrogen) atoms. The number of halogens is 2. The average molecular weight is 475 g/mol. The van der Waals surface area contributed by atoms with Crippen LogP contribution in [0.1, 0.15) is 44.6 Å². The van der Waals surface area contributed by atoms with Gasteiger partial charge in [-0.25, -0.2) is 4.39 Å². The maximum atomic E-state index is 14.1. The zero-order valence-corrected chi connectivity index (χ0v) is 17.9. The molecule has 6 heteroatoms. The second-order valence-corrected chi connectivity index (χ2v) is 7.25. The van der Waals surface area contributed by atoms with E-state index in [0.717, 1.165) is 63.0 Å². The van der Waals surface area contributed by atoms with Crippen molar-refractivity contribution in [2.75, 3.05) is 32.8 Å². The summed E-state index contributed by atoms with van der Waals surface area (Å²) >= 11 is 0. The third kappa shape index (κ3) is 6.37. The molecule has 0 aromatic heterocycles. The highest BCUT2D eigenvalue weighted by Gasteiger charge is 2.45. The first-order valence-electron chi connectivity index (χ1n) is 9.58. The van der Waals surface area contributed by atoms with Crippen LogP contribution >= 0.6 is 24.0 Å². The molecule has 0 spiro atoms. The van der Waals surface area contributed by atoms with Crippen molar-refractivity contribution in [3.05, 3.63) is 35.6 Å². The molecule has 1 aromatic carbocycles. The van der Waals surface area contributed by atoms with E-state index in [-0.39, 0.29) is 35.2 Å². The molecule has 2 saturated carbocycles. The molecular weight excluding hydrogens is 444 g/mol. The van der Waals surface area contributed by atoms with Gasteiger partial charge in [-0.2, -0.15) is 0 Å². The van der Waals surface area contributed by atoms with E-state index in [0.29, 0.717) is 6.54 Å². The van der Waals surface area contributed by atoms with E-state index in [9.17, 15) is 4.39 Å². The topological polar surface area (TPSA) is 45.7 Å². The van der Waals surface area contributed by atoms with E-state index in [1.165, 1.54) is 12.8 Å². The van der Waals surface area contributed by atoms with Gasteiger partial charge in [0.15, 0.2) is 5.96 Å². The fourth-order valence-corrected chi connectivity index (χ4v) is 3.04. The van der Waals surface area contributed by atoms with Crippen molar-refractivity contribution >= 4 is 29.9 Å². The van der Waals surface area contributed by atoms with Crippen molar-refractivity contribution in [3.63, 3.8) is 0 Å². The van der Waals surface area contributed by atoms with Crippen LogP contribution < -0.4 is 10.6 Å². The molecule has 0 amide bonds. The Bertz CT molecular complexity index is 588. The Kier molecular flexibility index (Phi) is 8.60. The van der Waals surface area contributed by atoms with Crippen LogP contribution in [0.15, 0.2) is 29.3 Å². The first-order chi connectivity index (χ1) is 12.2. The van der Waals surface area contributed by atoms with Gasteiger partial charge < -0.3 is 15.4 Å². The number of hydrogen-bond acceptors (Lipinski definition) is 2. The zero-order valence-electron chi connectivity index (χ0n) is 15.6. The molecule has 0 radical (unpaired) electrons. The van der Waals surface area contributed by atoms with Crippen molar-refractivity contribution in [2.24, 2.45) is 10.9 Å². The summed E-state index contributed by atoms with van der Waals surface area (Å²) in [4.78, 5) is 4.71. The summed E-state index contributed by atoms with van der Waals surface area (Å²) < 4.78 is 19.7. The maximum Gasteiger partial charge on any atom is 0.191 e. The van der Waals surface area contributed by atoms with Gasteiger partial charge in [0, 0.05) is 31.7 Å². The highest BCUT2D eigenvalue weighted by molar-refractivity contribution is 14.0. The predicted octanol–water partition coefficient (Wildman–Crippen LogP) is 3.85. The Hall–Kier alpha value is -0.890. The Morgan fingerprint density at radius 3 is 2.69 bits per heavy atom. The van der Waals surface area contributed by atoms with E-state index in [4.69, 9.17) is 9.73 Å². The molecular formula is C20H31FIN3O. The zero-order chi connectivity index (χ0) is 17.5. The van der Waals surface area contributed by atoms with Crippen molar-refractivity contribution < 1.29 is 9.13 Å². The molecule has 2 fully saturated rings. The molecule has 0 aliphatic heterocycles. The number of benzene rings is 1. The lowest BCUT2D eigenvalue weighted by Gasteiger charge is -2.16. The summed E-state index contributed by atoms with van der Waals surface area (Å²) in [5, 5.41) is 6.63. The molecule has 2 aliphatic rings. The van der Waals surface area contributed by atoms with E-state index in [2.05, 4.69) is 17.6 Å². The quantitative estimate of drug-likeness (QED) is 0.234. The van der Waals surface area contributed by atoms with E-state index < -0.39 is 0 Å². The number of nitrogens with one attached hydrogen (secondary N) is 2. The summed E-state index contributed by atoms with van der Waals surface area (Å²) in [6.45, 7) is 6.04. The Labute approximate surface area is 173 Å². The number of aliphatic imine (C=N–C) groups is 1. The highest BCUT2D eigenvalue weighted by atomic mass is 127. The summed E-state index contributed by atoms with van der Waals surface area (Å²) in [7, 11) is 0. The minimum atomic E-state index is -0.110. The van der Waals surface area contributed by atoms with Crippen LogP contribution in [-0.4, -0.2) is 38.8 Å². The van der Waals surface area contributed by atoms with Crippen LogP contribution in [-0.2, 0) is 10.2 Å². The molecule has 146 valence electrons. The fourth-order valence-electron chi connectivity index (χ4n) is 3.04. The van der Waals surface area contributed by atoms with Gasteiger partial charge in [-0.1, -0.05) is 18.2 Å². The molecule has 3 rings (SSSR count). The summed E-state index contributed by atoms with van der Waals surface area (Å²) in [5.41, 5.74) is 0.698. The van der Waals surface area contributed by atoms with Crippen LogP contribution in [0.2, 0.25) is 0 Å². The Balaban J connectivity index is 0.00000243. The third-order valence-electron chi connectivity index (χ3n) is 4.99. The van der Waals surface area contributed by atoms with Crippen LogP contribution in [0.25, 0.3) is 0 Å². The van der Waals surface area contributed by atoms with Gasteiger partial charge in [-0.15, -0.1) is 24.0 Å². The second-order valence-electron chi connectivity index (χ2n) is 7.25. The number of hydrogen-bond donors (Lipinski definition) is 2. The van der Waals surface area contributed by atoms with E-state index in [1.807, 2.05) is 12.1 Å². The number of rotatable bonds is 10. The van der Waals surface area contributed by atoms with E-state index >= 15 is 0 Å². The van der Waals surface area contributed by atoms with Crippen molar-refractivity contribution in [3.8, 4) is 0 Å². The van der Waals surface area contributed by atoms with E-state index in [1.54, 1.807) is 12.1 Å². The molecule has 0 unspecified atom stereocenters. The van der Waals surface area contributed by atoms with Gasteiger partial charge >= 0.3 is 0 Å². The first kappa shape index (κ1) is 21.4. The summed E-state index contributed by atoms with van der Waals surface area (Å²) in [6.07, 6.45) is 5.64. The maximum absolute atomic E-state index is 14.1. The number of ether oxygens (including phenoxy) is 1. The molecule has 0 saturated heterocycles. The fraction of sp³-hybridized carbons (Fsp3) is 0.650. The molecule has 0 bridgehead atoms. The lowest BCUT2D eigenvalue weighted by molar-refractivity contribution is 0.123. The Morgan fingerprint density at radius 2 is 2.04 bits per heavy atom. The van der Waals surface area contributed by atoms with Crippen LogP contribution in [0.5, 0.6) is 0 Å². The minimum Gasteiger partial charge on any atom is -0.381 e. The molecule has 0 heterocycles. The van der Waals surface area contributed by atoms with Crippen molar-refractivity contribution in [2.45, 2.75) is 44.4 Å². The molecule has 4 nitrogen and oxygen atoms in total. The third-order valence-corrected chi connectivity index (χ3v) is 4.99. The SMILES string of the molecule is CCNC(=NCC1(c2ccccc2F)CC1)NCCCOCC1CC1.I. The van der Waals surface area contributed by atoms with Crippen LogP contribution in [0, 0.1) is 11.7 Å². The smallest absolute Gasteiger partial charge is 0.191 e. The lowest BCUT2D eigenvalue weighted by Crippen LogP contribution is -2.38. The lowest BCUT2D eigenvalue weighted by atomic mass is 9.95. The van der Waals surface area contributed by atoms with Gasteiger partial charge in [-0.05, 0) is 56.6 Å². The standard InChI is InChI=1S/C20H30FN3O.HI/c1-2-22-19(23-12-5-13-25-14-16-8-9-16)24-15-20(10-11-20)17-6-3-4-7-18(17)21;/h3-4,6-7,16H,2,5,8-15H2,1H3,(H2,22,23,24);1H. The van der Waals surface area contributed by atoms with Crippen LogP contribution in [0.4, 0.5) is 4.39 Å².